The minimum absolute atomic E-state index is 0.00866. The number of amides is 1. The summed E-state index contributed by atoms with van der Waals surface area (Å²) in [5, 5.41) is 2.95. The van der Waals surface area contributed by atoms with Gasteiger partial charge in [-0.05, 0) is 13.0 Å². The maximum Gasteiger partial charge on any atom is 0.217 e. The van der Waals surface area contributed by atoms with Crippen molar-refractivity contribution in [3.63, 3.8) is 0 Å². The normalized spacial score (nSPS) is 18.9. The molecule has 0 fully saturated rings. The molecular weight excluding hydrogens is 190 g/mol. The first kappa shape index (κ1) is 10.0. The average molecular weight is 205 g/mol. The van der Waals surface area contributed by atoms with Crippen molar-refractivity contribution in [1.29, 1.82) is 0 Å². The van der Waals surface area contributed by atoms with Gasteiger partial charge in [0.25, 0.3) is 0 Å². The topological polar surface area (TPSA) is 38.3 Å². The zero-order chi connectivity index (χ0) is 10.8. The Labute approximate surface area is 89.4 Å². The summed E-state index contributed by atoms with van der Waals surface area (Å²) >= 11 is 0. The van der Waals surface area contributed by atoms with E-state index in [0.717, 1.165) is 17.7 Å². The molecule has 0 saturated heterocycles. The Kier molecular flexibility index (Phi) is 2.62. The van der Waals surface area contributed by atoms with Crippen LogP contribution in [-0.4, -0.2) is 12.5 Å². The molecule has 1 unspecified atom stereocenters. The third kappa shape index (κ3) is 2.12. The third-order valence-electron chi connectivity index (χ3n) is 2.58. The number of rotatable bonds is 1. The molecule has 15 heavy (non-hydrogen) atoms. The highest BCUT2D eigenvalue weighted by molar-refractivity contribution is 5.73. The van der Waals surface area contributed by atoms with Crippen LogP contribution in [0, 0.1) is 6.92 Å². The Bertz CT molecular complexity index is 387. The van der Waals surface area contributed by atoms with Crippen LogP contribution >= 0.6 is 0 Å². The van der Waals surface area contributed by atoms with Crippen LogP contribution < -0.4 is 10.1 Å². The van der Waals surface area contributed by atoms with Crippen LogP contribution in [0.25, 0.3) is 0 Å². The van der Waals surface area contributed by atoms with Crippen molar-refractivity contribution in [3.8, 4) is 5.75 Å². The highest BCUT2D eigenvalue weighted by Crippen LogP contribution is 2.32. The lowest BCUT2D eigenvalue weighted by atomic mass is 9.98. The molecule has 80 valence electrons. The first-order chi connectivity index (χ1) is 7.16. The zero-order valence-corrected chi connectivity index (χ0v) is 9.04. The number of hydrogen-bond acceptors (Lipinski definition) is 2. The second-order valence-corrected chi connectivity index (χ2v) is 3.93. The summed E-state index contributed by atoms with van der Waals surface area (Å²) in [6, 6.07) is 6.18. The molecule has 1 atom stereocenters. The largest absolute Gasteiger partial charge is 0.493 e. The smallest absolute Gasteiger partial charge is 0.217 e. The first-order valence-electron chi connectivity index (χ1n) is 5.17. The molecule has 1 N–H and O–H groups in total. The minimum Gasteiger partial charge on any atom is -0.493 e. The molecule has 1 aliphatic heterocycles. The van der Waals surface area contributed by atoms with E-state index in [1.807, 2.05) is 19.1 Å². The van der Waals surface area contributed by atoms with Crippen LogP contribution in [0.5, 0.6) is 5.75 Å². The van der Waals surface area contributed by atoms with Crippen LogP contribution in [-0.2, 0) is 4.79 Å². The number of benzene rings is 1. The summed E-state index contributed by atoms with van der Waals surface area (Å²) in [4.78, 5) is 11.1. The Morgan fingerprint density at radius 1 is 1.53 bits per heavy atom. The van der Waals surface area contributed by atoms with Gasteiger partial charge in [-0.1, -0.05) is 17.7 Å². The summed E-state index contributed by atoms with van der Waals surface area (Å²) in [6.45, 7) is 4.26. The molecule has 3 heteroatoms. The number of hydrogen-bond donors (Lipinski definition) is 1. The van der Waals surface area contributed by atoms with E-state index in [2.05, 4.69) is 11.4 Å². The summed E-state index contributed by atoms with van der Waals surface area (Å²) in [6.07, 6.45) is 0.843. The van der Waals surface area contributed by atoms with Gasteiger partial charge in [-0.15, -0.1) is 0 Å². The Morgan fingerprint density at radius 2 is 2.33 bits per heavy atom. The maximum atomic E-state index is 11.1. The number of fused-ring (bicyclic) bond motifs is 1. The molecule has 1 heterocycles. The summed E-state index contributed by atoms with van der Waals surface area (Å²) < 4.78 is 5.54. The Hall–Kier alpha value is -1.51. The molecule has 1 aliphatic rings. The standard InChI is InChI=1S/C12H15NO2/c1-8-3-4-12-10(7-8)11(5-6-15-12)13-9(2)14/h3-4,7,11H,5-6H2,1-2H3,(H,13,14). The summed E-state index contributed by atoms with van der Waals surface area (Å²) in [5.74, 6) is 0.903. The van der Waals surface area contributed by atoms with E-state index in [1.165, 1.54) is 5.56 Å². The third-order valence-corrected chi connectivity index (χ3v) is 2.58. The number of nitrogens with one attached hydrogen (secondary N) is 1. The molecule has 1 aromatic carbocycles. The monoisotopic (exact) mass is 205 g/mol. The highest BCUT2D eigenvalue weighted by Gasteiger charge is 2.21. The van der Waals surface area contributed by atoms with Gasteiger partial charge in [0.05, 0.1) is 12.6 Å². The van der Waals surface area contributed by atoms with E-state index >= 15 is 0 Å². The molecule has 0 saturated carbocycles. The fourth-order valence-electron chi connectivity index (χ4n) is 1.91. The number of carbonyl (C=O) groups excluding carboxylic acids is 1. The molecule has 1 amide bonds. The van der Waals surface area contributed by atoms with Gasteiger partial charge in [0.15, 0.2) is 0 Å². The van der Waals surface area contributed by atoms with Crippen LogP contribution in [0.3, 0.4) is 0 Å². The van der Waals surface area contributed by atoms with Crippen molar-refractivity contribution in [2.75, 3.05) is 6.61 Å². The van der Waals surface area contributed by atoms with E-state index in [0.29, 0.717) is 6.61 Å². The fourth-order valence-corrected chi connectivity index (χ4v) is 1.91. The van der Waals surface area contributed by atoms with E-state index in [9.17, 15) is 4.79 Å². The molecule has 0 bridgehead atoms. The highest BCUT2D eigenvalue weighted by atomic mass is 16.5. The number of aryl methyl sites for hydroxylation is 1. The van der Waals surface area contributed by atoms with Crippen molar-refractivity contribution in [2.24, 2.45) is 0 Å². The lowest BCUT2D eigenvalue weighted by Crippen LogP contribution is -2.30. The van der Waals surface area contributed by atoms with Crippen LogP contribution in [0.2, 0.25) is 0 Å². The zero-order valence-electron chi connectivity index (χ0n) is 9.04. The van der Waals surface area contributed by atoms with Gasteiger partial charge in [0.1, 0.15) is 5.75 Å². The van der Waals surface area contributed by atoms with Gasteiger partial charge in [0, 0.05) is 18.9 Å². The van der Waals surface area contributed by atoms with Gasteiger partial charge >= 0.3 is 0 Å². The van der Waals surface area contributed by atoms with Gasteiger partial charge in [-0.2, -0.15) is 0 Å². The van der Waals surface area contributed by atoms with Crippen molar-refractivity contribution in [2.45, 2.75) is 26.3 Å². The van der Waals surface area contributed by atoms with E-state index in [1.54, 1.807) is 6.92 Å². The van der Waals surface area contributed by atoms with Gasteiger partial charge in [-0.25, -0.2) is 0 Å². The van der Waals surface area contributed by atoms with Gasteiger partial charge in [-0.3, -0.25) is 4.79 Å². The van der Waals surface area contributed by atoms with Crippen LogP contribution in [0.15, 0.2) is 18.2 Å². The molecule has 0 aromatic heterocycles. The second-order valence-electron chi connectivity index (χ2n) is 3.93. The predicted molar refractivity (Wildman–Crippen MR) is 57.8 cm³/mol. The Balaban J connectivity index is 2.32. The van der Waals surface area contributed by atoms with E-state index < -0.39 is 0 Å². The first-order valence-corrected chi connectivity index (χ1v) is 5.17. The van der Waals surface area contributed by atoms with Crippen molar-refractivity contribution >= 4 is 5.91 Å². The molecule has 3 nitrogen and oxygen atoms in total. The lowest BCUT2D eigenvalue weighted by Gasteiger charge is -2.26. The van der Waals surface area contributed by atoms with E-state index in [-0.39, 0.29) is 11.9 Å². The molecule has 0 spiro atoms. The van der Waals surface area contributed by atoms with Crippen molar-refractivity contribution < 1.29 is 9.53 Å². The van der Waals surface area contributed by atoms with Crippen molar-refractivity contribution in [1.82, 2.24) is 5.32 Å². The molecule has 0 radical (unpaired) electrons. The molecule has 1 aromatic rings. The number of ether oxygens (including phenoxy) is 1. The summed E-state index contributed by atoms with van der Waals surface area (Å²) in [5.41, 5.74) is 2.28. The minimum atomic E-state index is 0.00866. The molecule has 0 aliphatic carbocycles. The molecule has 2 rings (SSSR count). The summed E-state index contributed by atoms with van der Waals surface area (Å²) in [7, 11) is 0. The quantitative estimate of drug-likeness (QED) is 0.761. The average Bonchev–Trinajstić information content (AvgIpc) is 2.18. The molecular formula is C12H15NO2. The van der Waals surface area contributed by atoms with E-state index in [4.69, 9.17) is 4.74 Å². The lowest BCUT2D eigenvalue weighted by molar-refractivity contribution is -0.119. The number of carbonyl (C=O) groups is 1. The van der Waals surface area contributed by atoms with Gasteiger partial charge in [0.2, 0.25) is 5.91 Å². The second kappa shape index (κ2) is 3.93. The maximum absolute atomic E-state index is 11.1. The van der Waals surface area contributed by atoms with Gasteiger partial charge < -0.3 is 10.1 Å². The SMILES string of the molecule is CC(=O)NC1CCOc2ccc(C)cc21. The van der Waals surface area contributed by atoms with Crippen LogP contribution in [0.1, 0.15) is 30.5 Å². The van der Waals surface area contributed by atoms with Crippen LogP contribution in [0.4, 0.5) is 0 Å². The van der Waals surface area contributed by atoms with Crippen molar-refractivity contribution in [3.05, 3.63) is 29.3 Å². The fraction of sp³-hybridized carbons (Fsp3) is 0.417. The predicted octanol–water partition coefficient (Wildman–Crippen LogP) is 1.95. The Morgan fingerprint density at radius 3 is 3.07 bits per heavy atom.